The summed E-state index contributed by atoms with van der Waals surface area (Å²) in [6.45, 7) is 4.77. The van der Waals surface area contributed by atoms with Crippen LogP contribution in [0.5, 0.6) is 0 Å². The van der Waals surface area contributed by atoms with E-state index in [2.05, 4.69) is 5.32 Å². The zero-order valence-electron chi connectivity index (χ0n) is 18.9. The Labute approximate surface area is 198 Å². The van der Waals surface area contributed by atoms with Crippen molar-refractivity contribution in [1.82, 2.24) is 10.2 Å². The third kappa shape index (κ3) is 5.24. The molecule has 1 aliphatic heterocycles. The minimum atomic E-state index is -0.946. The molecule has 170 valence electrons. The van der Waals surface area contributed by atoms with Crippen molar-refractivity contribution >= 4 is 29.2 Å². The lowest BCUT2D eigenvalue weighted by Crippen LogP contribution is -2.47. The molecule has 2 N–H and O–H groups in total. The fourth-order valence-corrected chi connectivity index (χ4v) is 4.69. The number of benzene rings is 2. The van der Waals surface area contributed by atoms with Crippen LogP contribution >= 0.6 is 11.3 Å². The number of likely N-dealkylation sites (tertiary alicyclic amines) is 1. The average molecular weight is 461 g/mol. The van der Waals surface area contributed by atoms with Crippen molar-refractivity contribution in [3.8, 4) is 0 Å². The van der Waals surface area contributed by atoms with Crippen LogP contribution in [-0.4, -0.2) is 34.9 Å². The molecule has 0 saturated carbocycles. The molecular formula is C27H28N2O3S. The smallest absolute Gasteiger partial charge is 0.270 e. The highest BCUT2D eigenvalue weighted by atomic mass is 32.1. The summed E-state index contributed by atoms with van der Waals surface area (Å²) in [6, 6.07) is 18.9. The van der Waals surface area contributed by atoms with Crippen molar-refractivity contribution in [2.45, 2.75) is 32.3 Å². The SMILES string of the molecule is Cc1ccc(C(=O)NC(=Cc2cccs2)C(=O)N2CCC(O)(c3ccccc3)CC2)cc1C. The van der Waals surface area contributed by atoms with Crippen molar-refractivity contribution in [3.05, 3.63) is 98.9 Å². The Kier molecular flexibility index (Phi) is 6.77. The van der Waals surface area contributed by atoms with E-state index < -0.39 is 5.60 Å². The molecule has 1 fully saturated rings. The van der Waals surface area contributed by atoms with Gasteiger partial charge < -0.3 is 15.3 Å². The number of hydrogen-bond acceptors (Lipinski definition) is 4. The lowest BCUT2D eigenvalue weighted by Gasteiger charge is -2.38. The molecule has 6 heteroatoms. The second-order valence-electron chi connectivity index (χ2n) is 8.52. The summed E-state index contributed by atoms with van der Waals surface area (Å²) in [5.74, 6) is -0.553. The summed E-state index contributed by atoms with van der Waals surface area (Å²) < 4.78 is 0. The van der Waals surface area contributed by atoms with E-state index in [1.807, 2.05) is 73.8 Å². The zero-order chi connectivity index (χ0) is 23.4. The van der Waals surface area contributed by atoms with Gasteiger partial charge in [0.05, 0.1) is 5.60 Å². The van der Waals surface area contributed by atoms with Gasteiger partial charge in [-0.1, -0.05) is 42.5 Å². The van der Waals surface area contributed by atoms with Crippen molar-refractivity contribution in [1.29, 1.82) is 0 Å². The molecule has 0 radical (unpaired) electrons. The molecule has 1 saturated heterocycles. The number of thiophene rings is 1. The molecule has 1 aromatic heterocycles. The van der Waals surface area contributed by atoms with E-state index in [0.29, 0.717) is 31.5 Å². The molecule has 0 atom stereocenters. The maximum absolute atomic E-state index is 13.4. The Morgan fingerprint density at radius 2 is 1.73 bits per heavy atom. The highest BCUT2D eigenvalue weighted by Gasteiger charge is 2.36. The zero-order valence-corrected chi connectivity index (χ0v) is 19.7. The van der Waals surface area contributed by atoms with E-state index in [1.165, 1.54) is 11.3 Å². The standard InChI is InChI=1S/C27H28N2O3S/c1-19-10-11-21(17-20(19)2)25(30)28-24(18-23-9-6-16-33-23)26(31)29-14-12-27(32,13-15-29)22-7-4-3-5-8-22/h3-11,16-18,32H,12-15H2,1-2H3,(H,28,30). The molecule has 5 nitrogen and oxygen atoms in total. The fourth-order valence-electron chi connectivity index (χ4n) is 4.03. The van der Waals surface area contributed by atoms with E-state index >= 15 is 0 Å². The van der Waals surface area contributed by atoms with Gasteiger partial charge in [0.2, 0.25) is 0 Å². The molecule has 2 aromatic carbocycles. The largest absolute Gasteiger partial charge is 0.385 e. The van der Waals surface area contributed by atoms with Crippen molar-refractivity contribution in [2.24, 2.45) is 0 Å². The van der Waals surface area contributed by atoms with E-state index in [0.717, 1.165) is 21.6 Å². The number of aliphatic hydroxyl groups is 1. The molecule has 0 aliphatic carbocycles. The van der Waals surface area contributed by atoms with E-state index in [4.69, 9.17) is 0 Å². The lowest BCUT2D eigenvalue weighted by atomic mass is 9.84. The van der Waals surface area contributed by atoms with Crippen LogP contribution in [0.3, 0.4) is 0 Å². The number of piperidine rings is 1. The van der Waals surface area contributed by atoms with Crippen molar-refractivity contribution < 1.29 is 14.7 Å². The monoisotopic (exact) mass is 460 g/mol. The van der Waals surface area contributed by atoms with Crippen LogP contribution in [0.1, 0.15) is 44.8 Å². The Morgan fingerprint density at radius 1 is 1.00 bits per heavy atom. The number of hydrogen-bond donors (Lipinski definition) is 2. The first-order chi connectivity index (χ1) is 15.9. The van der Waals surface area contributed by atoms with Crippen LogP contribution in [-0.2, 0) is 10.4 Å². The summed E-state index contributed by atoms with van der Waals surface area (Å²) in [4.78, 5) is 29.0. The van der Waals surface area contributed by atoms with Crippen LogP contribution in [0.2, 0.25) is 0 Å². The Morgan fingerprint density at radius 3 is 2.36 bits per heavy atom. The third-order valence-corrected chi connectivity index (χ3v) is 7.09. The number of aryl methyl sites for hydroxylation is 2. The summed E-state index contributed by atoms with van der Waals surface area (Å²) in [5.41, 5.74) is 2.81. The highest BCUT2D eigenvalue weighted by molar-refractivity contribution is 7.10. The molecule has 33 heavy (non-hydrogen) atoms. The molecule has 0 unspecified atom stereocenters. The van der Waals surface area contributed by atoms with Crippen LogP contribution < -0.4 is 5.32 Å². The number of carbonyl (C=O) groups is 2. The fraction of sp³-hybridized carbons (Fsp3) is 0.259. The maximum Gasteiger partial charge on any atom is 0.270 e. The van der Waals surface area contributed by atoms with Gasteiger partial charge in [-0.15, -0.1) is 11.3 Å². The number of nitrogens with one attached hydrogen (secondary N) is 1. The summed E-state index contributed by atoms with van der Waals surface area (Å²) in [6.07, 6.45) is 2.62. The van der Waals surface area contributed by atoms with Gasteiger partial charge in [-0.2, -0.15) is 0 Å². The average Bonchev–Trinajstić information content (AvgIpc) is 3.34. The van der Waals surface area contributed by atoms with Crippen LogP contribution in [0.4, 0.5) is 0 Å². The van der Waals surface area contributed by atoms with Gasteiger partial charge in [0.1, 0.15) is 5.70 Å². The number of carbonyl (C=O) groups excluding carboxylic acids is 2. The number of nitrogens with zero attached hydrogens (tertiary/aromatic N) is 1. The molecule has 0 spiro atoms. The van der Waals surface area contributed by atoms with Gasteiger partial charge >= 0.3 is 0 Å². The van der Waals surface area contributed by atoms with Gasteiger partial charge in [-0.05, 0) is 73.0 Å². The van der Waals surface area contributed by atoms with Gasteiger partial charge in [0.25, 0.3) is 11.8 Å². The van der Waals surface area contributed by atoms with Crippen LogP contribution in [0.15, 0.2) is 71.7 Å². The molecule has 4 rings (SSSR count). The van der Waals surface area contributed by atoms with Gasteiger partial charge in [0.15, 0.2) is 0 Å². The summed E-state index contributed by atoms with van der Waals surface area (Å²) >= 11 is 1.50. The quantitative estimate of drug-likeness (QED) is 0.545. The van der Waals surface area contributed by atoms with Gasteiger partial charge in [0, 0.05) is 23.5 Å². The number of rotatable bonds is 5. The molecule has 0 bridgehead atoms. The summed E-state index contributed by atoms with van der Waals surface area (Å²) in [5, 5.41) is 15.9. The first kappa shape index (κ1) is 23.0. The van der Waals surface area contributed by atoms with Crippen LogP contribution in [0, 0.1) is 13.8 Å². The second-order valence-corrected chi connectivity index (χ2v) is 9.50. The normalized spacial score (nSPS) is 15.8. The number of amides is 2. The Balaban J connectivity index is 1.52. The Hall–Kier alpha value is -3.22. The molecule has 2 amide bonds. The minimum Gasteiger partial charge on any atom is -0.385 e. The minimum absolute atomic E-state index is 0.240. The van der Waals surface area contributed by atoms with Gasteiger partial charge in [-0.3, -0.25) is 9.59 Å². The molecular weight excluding hydrogens is 432 g/mol. The molecule has 3 aromatic rings. The van der Waals surface area contributed by atoms with E-state index in [1.54, 1.807) is 17.0 Å². The first-order valence-corrected chi connectivity index (χ1v) is 11.9. The Bertz CT molecular complexity index is 1160. The summed E-state index contributed by atoms with van der Waals surface area (Å²) in [7, 11) is 0. The molecule has 1 aliphatic rings. The van der Waals surface area contributed by atoms with Crippen molar-refractivity contribution in [2.75, 3.05) is 13.1 Å². The van der Waals surface area contributed by atoms with Crippen LogP contribution in [0.25, 0.3) is 6.08 Å². The van der Waals surface area contributed by atoms with Gasteiger partial charge in [-0.25, -0.2) is 0 Å². The first-order valence-electron chi connectivity index (χ1n) is 11.1. The lowest BCUT2D eigenvalue weighted by molar-refractivity contribution is -0.131. The molecule has 2 heterocycles. The van der Waals surface area contributed by atoms with E-state index in [-0.39, 0.29) is 17.5 Å². The maximum atomic E-state index is 13.4. The highest BCUT2D eigenvalue weighted by Crippen LogP contribution is 2.33. The second kappa shape index (κ2) is 9.73. The third-order valence-electron chi connectivity index (χ3n) is 6.27. The predicted octanol–water partition coefficient (Wildman–Crippen LogP) is 4.65. The topological polar surface area (TPSA) is 69.6 Å². The van der Waals surface area contributed by atoms with E-state index in [9.17, 15) is 14.7 Å². The van der Waals surface area contributed by atoms with Crippen molar-refractivity contribution in [3.63, 3.8) is 0 Å². The predicted molar refractivity (Wildman–Crippen MR) is 132 cm³/mol.